The predicted molar refractivity (Wildman–Crippen MR) is 119 cm³/mol. The average Bonchev–Trinajstić information content (AvgIpc) is 3.01. The molecule has 6 atom stereocenters. The van der Waals surface area contributed by atoms with Gasteiger partial charge in [0.1, 0.15) is 0 Å². The van der Waals surface area contributed by atoms with Crippen LogP contribution in [0.25, 0.3) is 0 Å². The fourth-order valence-electron chi connectivity index (χ4n) is 7.72. The van der Waals surface area contributed by atoms with E-state index >= 15 is 0 Å². The number of alkyl carbamates (subject to hydrolysis) is 1. The zero-order valence-electron chi connectivity index (χ0n) is 19.7. The summed E-state index contributed by atoms with van der Waals surface area (Å²) < 4.78 is 6.01. The van der Waals surface area contributed by atoms with Gasteiger partial charge in [0.15, 0.2) is 17.2 Å². The molecular weight excluding hydrogens is 390 g/mol. The van der Waals surface area contributed by atoms with E-state index in [0.717, 1.165) is 44.1 Å². The van der Waals surface area contributed by atoms with E-state index in [2.05, 4.69) is 25.2 Å². The van der Waals surface area contributed by atoms with Crippen LogP contribution >= 0.6 is 0 Å². The number of ether oxygens (including phenoxy) is 1. The minimum atomic E-state index is -1.04. The van der Waals surface area contributed by atoms with Crippen LogP contribution < -0.4 is 5.32 Å². The molecule has 3 fully saturated rings. The molecule has 4 aliphatic carbocycles. The molecule has 5 heteroatoms. The van der Waals surface area contributed by atoms with Crippen molar-refractivity contribution < 1.29 is 19.1 Å². The summed E-state index contributed by atoms with van der Waals surface area (Å²) in [4.78, 5) is 37.8. The van der Waals surface area contributed by atoms with Crippen LogP contribution in [0.15, 0.2) is 23.3 Å². The number of rotatable bonds is 4. The third kappa shape index (κ3) is 3.14. The molecule has 3 unspecified atom stereocenters. The lowest BCUT2D eigenvalue weighted by molar-refractivity contribution is -0.159. The van der Waals surface area contributed by atoms with Crippen molar-refractivity contribution in [2.75, 3.05) is 6.54 Å². The average molecular weight is 428 g/mol. The minimum absolute atomic E-state index is 0.0239. The van der Waals surface area contributed by atoms with Crippen LogP contribution in [0.3, 0.4) is 0 Å². The summed E-state index contributed by atoms with van der Waals surface area (Å²) in [6.07, 6.45) is 9.81. The standard InChI is InChI=1S/C26H37NO4/c1-6-13-27-23(30)31-26(17(3)28)12-10-21-19-8-7-18-14-22(29)16(2)15-24(18,4)20(19)9-11-25(21,26)5/h14-15,19-21H,6-13H2,1-5H3,(H,27,30)/t19?,20?,21?,24-,25-,26+/m0/s1. The van der Waals surface area contributed by atoms with Gasteiger partial charge in [-0.3, -0.25) is 9.59 Å². The van der Waals surface area contributed by atoms with E-state index in [0.29, 0.717) is 30.7 Å². The number of carbonyl (C=O) groups excluding carboxylic acids is 3. The van der Waals surface area contributed by atoms with Crippen molar-refractivity contribution in [3.05, 3.63) is 23.3 Å². The van der Waals surface area contributed by atoms with E-state index in [9.17, 15) is 14.4 Å². The summed E-state index contributed by atoms with van der Waals surface area (Å²) in [6.45, 7) is 10.6. The van der Waals surface area contributed by atoms with Crippen LogP contribution in [0, 0.1) is 28.6 Å². The second-order valence-electron chi connectivity index (χ2n) is 10.8. The molecule has 0 radical (unpaired) electrons. The number of Topliss-reactive ketones (excluding diaryl/α,β-unsaturated/α-hetero) is 1. The van der Waals surface area contributed by atoms with Gasteiger partial charge in [-0.05, 0) is 88.2 Å². The van der Waals surface area contributed by atoms with Crippen molar-refractivity contribution >= 4 is 17.7 Å². The Bertz CT molecular complexity index is 873. The summed E-state index contributed by atoms with van der Waals surface area (Å²) in [6, 6.07) is 0. The largest absolute Gasteiger partial charge is 0.434 e. The molecule has 5 nitrogen and oxygen atoms in total. The van der Waals surface area contributed by atoms with Gasteiger partial charge in [-0.15, -0.1) is 0 Å². The molecule has 31 heavy (non-hydrogen) atoms. The summed E-state index contributed by atoms with van der Waals surface area (Å²) in [5, 5.41) is 2.80. The molecule has 0 heterocycles. The van der Waals surface area contributed by atoms with Gasteiger partial charge in [-0.1, -0.05) is 32.4 Å². The van der Waals surface area contributed by atoms with Crippen molar-refractivity contribution in [1.82, 2.24) is 5.32 Å². The van der Waals surface area contributed by atoms with E-state index < -0.39 is 11.7 Å². The van der Waals surface area contributed by atoms with Crippen LogP contribution in [0.2, 0.25) is 0 Å². The van der Waals surface area contributed by atoms with Gasteiger partial charge in [0.2, 0.25) is 0 Å². The van der Waals surface area contributed by atoms with Crippen LogP contribution in [0.1, 0.15) is 79.6 Å². The van der Waals surface area contributed by atoms with Gasteiger partial charge in [0.05, 0.1) is 0 Å². The SMILES string of the molecule is CCCNC(=O)O[C@@]1(C(C)=O)CCC2C3CCC4=CC(=O)C(C)=C[C@]4(C)C3CC[C@@]21C. The summed E-state index contributed by atoms with van der Waals surface area (Å²) in [5.74, 6) is 1.41. The molecule has 1 amide bonds. The van der Waals surface area contributed by atoms with Crippen molar-refractivity contribution in [3.63, 3.8) is 0 Å². The number of ketones is 2. The maximum atomic E-state index is 13.0. The summed E-state index contributed by atoms with van der Waals surface area (Å²) in [5.41, 5.74) is 0.666. The van der Waals surface area contributed by atoms with Crippen LogP contribution in [-0.4, -0.2) is 29.8 Å². The lowest BCUT2D eigenvalue weighted by atomic mass is 9.47. The minimum Gasteiger partial charge on any atom is -0.434 e. The maximum absolute atomic E-state index is 13.0. The molecule has 3 saturated carbocycles. The molecule has 4 aliphatic rings. The predicted octanol–water partition coefficient (Wildman–Crippen LogP) is 5.15. The molecule has 0 aromatic heterocycles. The van der Waals surface area contributed by atoms with Gasteiger partial charge in [-0.2, -0.15) is 0 Å². The Balaban J connectivity index is 1.65. The molecular formula is C26H37NO4. The molecule has 1 N–H and O–H groups in total. The van der Waals surface area contributed by atoms with Crippen molar-refractivity contribution in [1.29, 1.82) is 0 Å². The maximum Gasteiger partial charge on any atom is 0.408 e. The zero-order valence-corrected chi connectivity index (χ0v) is 19.7. The number of allylic oxidation sites excluding steroid dienone is 4. The highest BCUT2D eigenvalue weighted by atomic mass is 16.6. The topological polar surface area (TPSA) is 72.5 Å². The Labute approximate surface area is 186 Å². The van der Waals surface area contributed by atoms with Crippen molar-refractivity contribution in [2.24, 2.45) is 28.6 Å². The van der Waals surface area contributed by atoms with Crippen LogP contribution in [0.4, 0.5) is 4.79 Å². The first-order valence-corrected chi connectivity index (χ1v) is 12.0. The molecule has 0 aromatic rings. The van der Waals surface area contributed by atoms with E-state index in [-0.39, 0.29) is 22.4 Å². The molecule has 0 aromatic carbocycles. The van der Waals surface area contributed by atoms with Gasteiger partial charge in [0.25, 0.3) is 0 Å². The first-order valence-electron chi connectivity index (χ1n) is 12.0. The lowest BCUT2D eigenvalue weighted by Gasteiger charge is -2.58. The quantitative estimate of drug-likeness (QED) is 0.673. The smallest absolute Gasteiger partial charge is 0.408 e. The number of hydrogen-bond acceptors (Lipinski definition) is 4. The highest BCUT2D eigenvalue weighted by Crippen LogP contribution is 2.68. The van der Waals surface area contributed by atoms with Gasteiger partial charge in [-0.25, -0.2) is 4.79 Å². The van der Waals surface area contributed by atoms with E-state index in [1.807, 2.05) is 19.9 Å². The van der Waals surface area contributed by atoms with Gasteiger partial charge in [0, 0.05) is 17.4 Å². The second kappa shape index (κ2) is 7.60. The number of amides is 1. The number of fused-ring (bicyclic) bond motifs is 5. The third-order valence-corrected chi connectivity index (χ3v) is 9.33. The molecule has 0 aliphatic heterocycles. The summed E-state index contributed by atoms with van der Waals surface area (Å²) >= 11 is 0. The van der Waals surface area contributed by atoms with Gasteiger partial charge < -0.3 is 10.1 Å². The zero-order chi connectivity index (χ0) is 22.6. The fraction of sp³-hybridized carbons (Fsp3) is 0.731. The Morgan fingerprint density at radius 2 is 1.87 bits per heavy atom. The number of hydrogen-bond donors (Lipinski definition) is 1. The summed E-state index contributed by atoms with van der Waals surface area (Å²) in [7, 11) is 0. The monoisotopic (exact) mass is 427 g/mol. The van der Waals surface area contributed by atoms with Crippen LogP contribution in [-0.2, 0) is 14.3 Å². The highest BCUT2D eigenvalue weighted by Gasteiger charge is 2.67. The number of carbonyl (C=O) groups is 3. The van der Waals surface area contributed by atoms with Crippen LogP contribution in [0.5, 0.6) is 0 Å². The van der Waals surface area contributed by atoms with Gasteiger partial charge >= 0.3 is 6.09 Å². The Morgan fingerprint density at radius 1 is 1.16 bits per heavy atom. The molecule has 0 bridgehead atoms. The Kier molecular flexibility index (Phi) is 5.46. The van der Waals surface area contributed by atoms with Crippen molar-refractivity contribution in [2.45, 2.75) is 85.2 Å². The van der Waals surface area contributed by atoms with E-state index in [1.165, 1.54) is 5.57 Å². The Hall–Kier alpha value is -1.91. The second-order valence-corrected chi connectivity index (χ2v) is 10.8. The molecule has 0 spiro atoms. The highest BCUT2D eigenvalue weighted by molar-refractivity contribution is 6.05. The first kappa shape index (κ1) is 22.3. The molecule has 170 valence electrons. The Morgan fingerprint density at radius 3 is 2.55 bits per heavy atom. The lowest BCUT2D eigenvalue weighted by Crippen LogP contribution is -2.59. The normalized spacial score (nSPS) is 41.3. The third-order valence-electron chi connectivity index (χ3n) is 9.33. The fourth-order valence-corrected chi connectivity index (χ4v) is 7.72. The molecule has 4 rings (SSSR count). The first-order chi connectivity index (χ1) is 14.6. The van der Waals surface area contributed by atoms with E-state index in [1.54, 1.807) is 6.92 Å². The number of nitrogens with one attached hydrogen (secondary N) is 1. The molecule has 0 saturated heterocycles. The van der Waals surface area contributed by atoms with E-state index in [4.69, 9.17) is 4.74 Å². The van der Waals surface area contributed by atoms with Crippen molar-refractivity contribution in [3.8, 4) is 0 Å².